The number of benzene rings is 2. The summed E-state index contributed by atoms with van der Waals surface area (Å²) in [4.78, 5) is 46.4. The molecule has 1 fully saturated rings. The van der Waals surface area contributed by atoms with Crippen molar-refractivity contribution in [2.45, 2.75) is 39.7 Å². The topological polar surface area (TPSA) is 109 Å². The van der Waals surface area contributed by atoms with Gasteiger partial charge in [-0.25, -0.2) is 9.79 Å². The molecule has 1 saturated heterocycles. The summed E-state index contributed by atoms with van der Waals surface area (Å²) in [6.07, 6.45) is 3.79. The second kappa shape index (κ2) is 13.3. The lowest BCUT2D eigenvalue weighted by Crippen LogP contribution is -2.39. The van der Waals surface area contributed by atoms with E-state index < -0.39 is 12.0 Å². The number of hydrogen-bond acceptors (Lipinski definition) is 9. The van der Waals surface area contributed by atoms with Gasteiger partial charge in [0.2, 0.25) is 0 Å². The Morgan fingerprint density at radius 3 is 2.44 bits per heavy atom. The zero-order valence-corrected chi connectivity index (χ0v) is 25.6. The molecule has 0 unspecified atom stereocenters. The Kier molecular flexibility index (Phi) is 9.30. The minimum Gasteiger partial charge on any atom is -0.497 e. The molecule has 0 bridgehead atoms. The summed E-state index contributed by atoms with van der Waals surface area (Å²) in [7, 11) is 1.58. The Morgan fingerprint density at radius 1 is 1.02 bits per heavy atom. The molecule has 11 heteroatoms. The van der Waals surface area contributed by atoms with E-state index in [0.29, 0.717) is 50.0 Å². The van der Waals surface area contributed by atoms with E-state index in [1.807, 2.05) is 30.0 Å². The van der Waals surface area contributed by atoms with Crippen LogP contribution in [-0.2, 0) is 14.3 Å². The van der Waals surface area contributed by atoms with Crippen LogP contribution in [0.3, 0.4) is 0 Å². The molecule has 0 aliphatic carbocycles. The van der Waals surface area contributed by atoms with Crippen molar-refractivity contribution in [1.29, 1.82) is 0 Å². The van der Waals surface area contributed by atoms with E-state index in [2.05, 4.69) is 4.99 Å². The molecule has 3 aromatic rings. The van der Waals surface area contributed by atoms with Gasteiger partial charge in [0.05, 0.1) is 42.2 Å². The van der Waals surface area contributed by atoms with E-state index in [9.17, 15) is 14.4 Å². The van der Waals surface area contributed by atoms with Crippen LogP contribution in [0.25, 0.3) is 6.08 Å². The van der Waals surface area contributed by atoms with Gasteiger partial charge in [-0.15, -0.1) is 0 Å². The fraction of sp³-hybridized carbons (Fsp3) is 0.375. The molecule has 0 N–H and O–H groups in total. The van der Waals surface area contributed by atoms with E-state index in [1.54, 1.807) is 55.9 Å². The number of carbonyl (C=O) groups is 2. The van der Waals surface area contributed by atoms with Crippen LogP contribution >= 0.6 is 11.3 Å². The third-order valence-electron chi connectivity index (χ3n) is 7.32. The van der Waals surface area contributed by atoms with Crippen molar-refractivity contribution in [2.24, 2.45) is 4.99 Å². The van der Waals surface area contributed by atoms with E-state index in [4.69, 9.17) is 18.9 Å². The SMILES string of the molecule is CCOC(=O)C1=C(C)N=c2s/c(=C/c3ccc(OCC(=O)N4CCCC4)c(OCC)c3)c(=O)n2[C@@H]1c1ccc(OC)cc1. The van der Waals surface area contributed by atoms with Crippen LogP contribution in [0.15, 0.2) is 63.5 Å². The number of amides is 1. The number of hydrogen-bond donors (Lipinski definition) is 0. The van der Waals surface area contributed by atoms with Gasteiger partial charge in [-0.1, -0.05) is 29.5 Å². The molecule has 43 heavy (non-hydrogen) atoms. The zero-order valence-electron chi connectivity index (χ0n) is 24.8. The van der Waals surface area contributed by atoms with E-state index >= 15 is 0 Å². The molecule has 226 valence electrons. The number of ether oxygens (including phenoxy) is 4. The largest absolute Gasteiger partial charge is 0.497 e. The van der Waals surface area contributed by atoms with Crippen LogP contribution < -0.4 is 29.1 Å². The molecule has 5 rings (SSSR count). The number of esters is 1. The van der Waals surface area contributed by atoms with Crippen LogP contribution in [0.2, 0.25) is 0 Å². The normalized spacial score (nSPS) is 16.5. The van der Waals surface area contributed by atoms with Crippen LogP contribution in [-0.4, -0.2) is 61.4 Å². The summed E-state index contributed by atoms with van der Waals surface area (Å²) in [6, 6.07) is 11.9. The van der Waals surface area contributed by atoms with Gasteiger partial charge in [0.15, 0.2) is 22.9 Å². The lowest BCUT2D eigenvalue weighted by atomic mass is 9.96. The number of rotatable bonds is 10. The monoisotopic (exact) mass is 605 g/mol. The highest BCUT2D eigenvalue weighted by Gasteiger charge is 2.33. The number of fused-ring (bicyclic) bond motifs is 1. The molecule has 2 aliphatic heterocycles. The lowest BCUT2D eigenvalue weighted by molar-refractivity contribution is -0.139. The van der Waals surface area contributed by atoms with Crippen LogP contribution in [0.4, 0.5) is 0 Å². The van der Waals surface area contributed by atoms with Crippen molar-refractivity contribution in [3.8, 4) is 17.2 Å². The number of carbonyl (C=O) groups excluding carboxylic acids is 2. The Hall–Kier alpha value is -4.38. The molecule has 0 spiro atoms. The lowest BCUT2D eigenvalue weighted by Gasteiger charge is -2.24. The number of thiazole rings is 1. The predicted molar refractivity (Wildman–Crippen MR) is 162 cm³/mol. The molecule has 0 radical (unpaired) electrons. The van der Waals surface area contributed by atoms with Crippen LogP contribution in [0, 0.1) is 0 Å². The molecule has 2 aliphatic rings. The minimum atomic E-state index is -0.716. The first-order chi connectivity index (χ1) is 20.8. The molecule has 1 atom stereocenters. The molecule has 10 nitrogen and oxygen atoms in total. The number of methoxy groups -OCH3 is 1. The Morgan fingerprint density at radius 2 is 1.77 bits per heavy atom. The Bertz CT molecular complexity index is 1720. The number of allylic oxidation sites excluding steroid dienone is 1. The van der Waals surface area contributed by atoms with Gasteiger partial charge < -0.3 is 23.8 Å². The maximum Gasteiger partial charge on any atom is 0.338 e. The summed E-state index contributed by atoms with van der Waals surface area (Å²) in [6.45, 7) is 7.42. The van der Waals surface area contributed by atoms with E-state index in [1.165, 1.54) is 11.3 Å². The van der Waals surface area contributed by atoms with Gasteiger partial charge in [-0.05, 0) is 75.1 Å². The van der Waals surface area contributed by atoms with E-state index in [0.717, 1.165) is 31.5 Å². The first kappa shape index (κ1) is 30.1. The van der Waals surface area contributed by atoms with Crippen molar-refractivity contribution in [3.05, 3.63) is 84.5 Å². The highest BCUT2D eigenvalue weighted by atomic mass is 32.1. The summed E-state index contributed by atoms with van der Waals surface area (Å²) in [5, 5.41) is 0. The predicted octanol–water partition coefficient (Wildman–Crippen LogP) is 3.21. The van der Waals surface area contributed by atoms with Crippen LogP contribution in [0.5, 0.6) is 17.2 Å². The third-order valence-corrected chi connectivity index (χ3v) is 8.31. The molecular formula is C32H35N3O7S. The van der Waals surface area contributed by atoms with Gasteiger partial charge in [0.1, 0.15) is 5.75 Å². The van der Waals surface area contributed by atoms with Crippen molar-refractivity contribution >= 4 is 29.3 Å². The van der Waals surface area contributed by atoms with Gasteiger partial charge in [0.25, 0.3) is 11.5 Å². The molecule has 1 aromatic heterocycles. The number of likely N-dealkylation sites (tertiary alicyclic amines) is 1. The fourth-order valence-corrected chi connectivity index (χ4v) is 6.29. The maximum atomic E-state index is 13.9. The smallest absolute Gasteiger partial charge is 0.338 e. The average Bonchev–Trinajstić information content (AvgIpc) is 3.65. The fourth-order valence-electron chi connectivity index (χ4n) is 5.24. The maximum absolute atomic E-state index is 13.9. The number of aromatic nitrogens is 1. The quantitative estimate of drug-likeness (QED) is 0.327. The van der Waals surface area contributed by atoms with Crippen molar-refractivity contribution in [3.63, 3.8) is 0 Å². The second-order valence-electron chi connectivity index (χ2n) is 10.1. The minimum absolute atomic E-state index is 0.0472. The molecule has 1 amide bonds. The standard InChI is InChI=1S/C32H35N3O7S/c1-5-40-25-17-21(9-14-24(25)42-19-27(36)34-15-7-8-16-34)18-26-30(37)35-29(22-10-12-23(39-4)13-11-22)28(31(38)41-6-2)20(3)33-32(35)43-26/h9-14,17-18,29H,5-8,15-16,19H2,1-4H3/b26-18+/t29-/m1/s1. The first-order valence-electron chi connectivity index (χ1n) is 14.4. The van der Waals surface area contributed by atoms with Gasteiger partial charge in [0, 0.05) is 13.1 Å². The zero-order chi connectivity index (χ0) is 30.5. The van der Waals surface area contributed by atoms with Crippen molar-refractivity contribution < 1.29 is 28.5 Å². The summed E-state index contributed by atoms with van der Waals surface area (Å²) >= 11 is 1.24. The van der Waals surface area contributed by atoms with Crippen molar-refractivity contribution in [1.82, 2.24) is 9.47 Å². The van der Waals surface area contributed by atoms with Gasteiger partial charge in [-0.2, -0.15) is 0 Å². The third kappa shape index (κ3) is 6.36. The highest BCUT2D eigenvalue weighted by Crippen LogP contribution is 2.32. The second-order valence-corrected chi connectivity index (χ2v) is 11.1. The number of nitrogens with zero attached hydrogens (tertiary/aromatic N) is 3. The molecular weight excluding hydrogens is 570 g/mol. The average molecular weight is 606 g/mol. The molecule has 0 saturated carbocycles. The summed E-state index contributed by atoms with van der Waals surface area (Å²) < 4.78 is 24.3. The molecule has 3 heterocycles. The van der Waals surface area contributed by atoms with Crippen LogP contribution in [0.1, 0.15) is 50.8 Å². The van der Waals surface area contributed by atoms with E-state index in [-0.39, 0.29) is 24.7 Å². The Labute approximate surface area is 253 Å². The highest BCUT2D eigenvalue weighted by molar-refractivity contribution is 7.07. The first-order valence-corrected chi connectivity index (χ1v) is 15.2. The Balaban J connectivity index is 1.52. The summed E-state index contributed by atoms with van der Waals surface area (Å²) in [5.41, 5.74) is 1.97. The van der Waals surface area contributed by atoms with Gasteiger partial charge in [-0.3, -0.25) is 14.2 Å². The molecule has 2 aromatic carbocycles. The van der Waals surface area contributed by atoms with Gasteiger partial charge >= 0.3 is 5.97 Å². The van der Waals surface area contributed by atoms with Crippen molar-refractivity contribution in [2.75, 3.05) is 40.0 Å². The summed E-state index contributed by atoms with van der Waals surface area (Å²) in [5.74, 6) is 1.04.